The van der Waals surface area contributed by atoms with E-state index in [0.29, 0.717) is 40.2 Å². The molecule has 2 heterocycles. The van der Waals surface area contributed by atoms with Crippen LogP contribution in [0.3, 0.4) is 0 Å². The fourth-order valence-corrected chi connectivity index (χ4v) is 4.71. The third kappa shape index (κ3) is 5.45. The molecular formula is C29H23BrClN3O6. The Bertz CT molecular complexity index is 1830. The number of furan rings is 1. The number of hydrogen-bond acceptors (Lipinski definition) is 8. The van der Waals surface area contributed by atoms with Gasteiger partial charge in [-0.3, -0.25) is 4.79 Å². The summed E-state index contributed by atoms with van der Waals surface area (Å²) < 4.78 is 24.3. The van der Waals surface area contributed by atoms with Crippen LogP contribution in [0.25, 0.3) is 33.5 Å². The number of para-hydroxylation sites is 1. The highest BCUT2D eigenvalue weighted by Crippen LogP contribution is 2.37. The lowest BCUT2D eigenvalue weighted by Crippen LogP contribution is -2.25. The molecule has 0 amide bonds. The average Bonchev–Trinajstić information content (AvgIpc) is 3.37. The van der Waals surface area contributed by atoms with E-state index in [9.17, 15) is 9.59 Å². The van der Waals surface area contributed by atoms with Gasteiger partial charge in [0.15, 0.2) is 23.4 Å². The number of ether oxygens (including phenoxy) is 3. The van der Waals surface area contributed by atoms with Crippen molar-refractivity contribution in [1.29, 1.82) is 0 Å². The molecule has 204 valence electrons. The highest BCUT2D eigenvalue weighted by molar-refractivity contribution is 9.10. The van der Waals surface area contributed by atoms with Gasteiger partial charge in [0.25, 0.3) is 5.56 Å². The standard InChI is InChI=1S/C29H23BrClN3O6/c1-4-38-24-12-17(11-21(31)26(24)39-16(2)29(36)37-3)15-32-34-27(33-22-8-6-5-7-20(22)28(34)35)25-14-18-13-19(30)9-10-23(18)40-25/h5-16H,4H2,1-3H3/t16-/m0/s1. The molecule has 40 heavy (non-hydrogen) atoms. The molecule has 0 saturated carbocycles. The van der Waals surface area contributed by atoms with Crippen molar-refractivity contribution in [1.82, 2.24) is 9.66 Å². The first-order chi connectivity index (χ1) is 19.3. The molecule has 0 aliphatic carbocycles. The zero-order valence-electron chi connectivity index (χ0n) is 21.7. The van der Waals surface area contributed by atoms with Crippen molar-refractivity contribution in [3.8, 4) is 23.1 Å². The van der Waals surface area contributed by atoms with Gasteiger partial charge in [0.1, 0.15) is 5.58 Å². The van der Waals surface area contributed by atoms with E-state index in [1.165, 1.54) is 18.0 Å². The SMILES string of the molecule is CCOc1cc(C=Nn2c(-c3cc4cc(Br)ccc4o3)nc3ccccc3c2=O)cc(Cl)c1O[C@@H](C)C(=O)OC. The Kier molecular flexibility index (Phi) is 7.90. The van der Waals surface area contributed by atoms with E-state index in [1.807, 2.05) is 24.3 Å². The molecular weight excluding hydrogens is 602 g/mol. The number of nitrogens with zero attached hydrogens (tertiary/aromatic N) is 3. The Labute approximate surface area is 242 Å². The quantitative estimate of drug-likeness (QED) is 0.144. The van der Waals surface area contributed by atoms with Crippen LogP contribution in [0, 0.1) is 0 Å². The van der Waals surface area contributed by atoms with Crippen molar-refractivity contribution in [3.05, 3.63) is 86.1 Å². The lowest BCUT2D eigenvalue weighted by Gasteiger charge is -2.17. The molecule has 0 spiro atoms. The highest BCUT2D eigenvalue weighted by atomic mass is 79.9. The van der Waals surface area contributed by atoms with Crippen LogP contribution in [0.4, 0.5) is 0 Å². The first-order valence-electron chi connectivity index (χ1n) is 12.3. The third-order valence-electron chi connectivity index (χ3n) is 5.93. The van der Waals surface area contributed by atoms with Crippen LogP contribution in [-0.4, -0.2) is 41.7 Å². The molecule has 5 rings (SSSR count). The van der Waals surface area contributed by atoms with Crippen molar-refractivity contribution in [2.45, 2.75) is 20.0 Å². The zero-order valence-corrected chi connectivity index (χ0v) is 24.0. The van der Waals surface area contributed by atoms with Crippen LogP contribution in [0.2, 0.25) is 5.02 Å². The number of fused-ring (bicyclic) bond motifs is 2. The van der Waals surface area contributed by atoms with Crippen LogP contribution in [0.1, 0.15) is 19.4 Å². The largest absolute Gasteiger partial charge is 0.490 e. The van der Waals surface area contributed by atoms with Gasteiger partial charge >= 0.3 is 5.97 Å². The summed E-state index contributed by atoms with van der Waals surface area (Å²) >= 11 is 9.99. The molecule has 0 N–H and O–H groups in total. The maximum Gasteiger partial charge on any atom is 0.346 e. The van der Waals surface area contributed by atoms with Crippen molar-refractivity contribution in [2.75, 3.05) is 13.7 Å². The van der Waals surface area contributed by atoms with Crippen molar-refractivity contribution >= 4 is 61.6 Å². The smallest absolute Gasteiger partial charge is 0.346 e. The minimum absolute atomic E-state index is 0.190. The Morgan fingerprint density at radius 2 is 2.00 bits per heavy atom. The molecule has 9 nitrogen and oxygen atoms in total. The maximum absolute atomic E-state index is 13.6. The van der Waals surface area contributed by atoms with Crippen molar-refractivity contribution in [2.24, 2.45) is 5.10 Å². The number of hydrogen-bond donors (Lipinski definition) is 0. The normalized spacial score (nSPS) is 12.2. The molecule has 0 aliphatic rings. The van der Waals surface area contributed by atoms with Gasteiger partial charge in [0.2, 0.25) is 5.82 Å². The summed E-state index contributed by atoms with van der Waals surface area (Å²) in [5, 5.41) is 5.91. The number of carbonyl (C=O) groups excluding carboxylic acids is 1. The first-order valence-corrected chi connectivity index (χ1v) is 13.4. The zero-order chi connectivity index (χ0) is 28.4. The molecule has 0 fully saturated rings. The van der Waals surface area contributed by atoms with Crippen LogP contribution >= 0.6 is 27.5 Å². The Morgan fingerprint density at radius 1 is 1.20 bits per heavy atom. The van der Waals surface area contributed by atoms with Gasteiger partial charge in [0, 0.05) is 9.86 Å². The fraction of sp³-hybridized carbons (Fsp3) is 0.172. The minimum Gasteiger partial charge on any atom is -0.490 e. The Hall–Kier alpha value is -4.15. The molecule has 2 aromatic heterocycles. The van der Waals surface area contributed by atoms with Gasteiger partial charge < -0.3 is 18.6 Å². The second-order valence-corrected chi connectivity index (χ2v) is 9.98. The lowest BCUT2D eigenvalue weighted by molar-refractivity contribution is -0.147. The van der Waals surface area contributed by atoms with Crippen LogP contribution in [0.5, 0.6) is 11.5 Å². The number of carbonyl (C=O) groups is 1. The maximum atomic E-state index is 13.6. The van der Waals surface area contributed by atoms with Crippen LogP contribution in [0.15, 0.2) is 79.4 Å². The van der Waals surface area contributed by atoms with E-state index in [0.717, 1.165) is 9.86 Å². The summed E-state index contributed by atoms with van der Waals surface area (Å²) in [6, 6.07) is 17.7. The van der Waals surface area contributed by atoms with Gasteiger partial charge in [0.05, 0.1) is 35.9 Å². The lowest BCUT2D eigenvalue weighted by atomic mass is 10.2. The molecule has 5 aromatic rings. The van der Waals surface area contributed by atoms with Crippen LogP contribution in [-0.2, 0) is 9.53 Å². The van der Waals surface area contributed by atoms with E-state index in [2.05, 4.69) is 21.0 Å². The number of aromatic nitrogens is 2. The molecule has 0 bridgehead atoms. The number of esters is 1. The van der Waals surface area contributed by atoms with Gasteiger partial charge in [-0.15, -0.1) is 0 Å². The summed E-state index contributed by atoms with van der Waals surface area (Å²) in [5.74, 6) is 0.547. The Balaban J connectivity index is 1.61. The van der Waals surface area contributed by atoms with E-state index < -0.39 is 12.1 Å². The number of benzene rings is 3. The molecule has 0 radical (unpaired) electrons. The van der Waals surface area contributed by atoms with Gasteiger partial charge in [-0.2, -0.15) is 9.78 Å². The van der Waals surface area contributed by atoms with Gasteiger partial charge in [-0.25, -0.2) is 9.78 Å². The first kappa shape index (κ1) is 27.4. The van der Waals surface area contributed by atoms with E-state index in [-0.39, 0.29) is 22.2 Å². The topological polar surface area (TPSA) is 105 Å². The third-order valence-corrected chi connectivity index (χ3v) is 6.71. The molecule has 3 aromatic carbocycles. The van der Waals surface area contributed by atoms with Gasteiger partial charge in [-0.05, 0) is 67.9 Å². The summed E-state index contributed by atoms with van der Waals surface area (Å²) in [6.07, 6.45) is 0.554. The monoisotopic (exact) mass is 623 g/mol. The number of methoxy groups -OCH3 is 1. The molecule has 0 saturated heterocycles. The van der Waals surface area contributed by atoms with Crippen molar-refractivity contribution in [3.63, 3.8) is 0 Å². The predicted molar refractivity (Wildman–Crippen MR) is 157 cm³/mol. The van der Waals surface area contributed by atoms with Crippen LogP contribution < -0.4 is 15.0 Å². The van der Waals surface area contributed by atoms with E-state index in [4.69, 9.17) is 35.2 Å². The molecule has 0 aliphatic heterocycles. The van der Waals surface area contributed by atoms with Gasteiger partial charge in [-0.1, -0.05) is 39.7 Å². The summed E-state index contributed by atoms with van der Waals surface area (Å²) in [7, 11) is 1.27. The molecule has 11 heteroatoms. The second kappa shape index (κ2) is 11.5. The molecule has 1 atom stereocenters. The number of rotatable bonds is 8. The van der Waals surface area contributed by atoms with Crippen molar-refractivity contribution < 1.29 is 23.4 Å². The van der Waals surface area contributed by atoms with E-state index in [1.54, 1.807) is 50.2 Å². The predicted octanol–water partition coefficient (Wildman–Crippen LogP) is 6.45. The average molecular weight is 625 g/mol. The molecule has 0 unspecified atom stereocenters. The fourth-order valence-electron chi connectivity index (χ4n) is 4.07. The number of halogens is 2. The van der Waals surface area contributed by atoms with E-state index >= 15 is 0 Å². The Morgan fingerprint density at radius 3 is 2.77 bits per heavy atom. The minimum atomic E-state index is -0.907. The summed E-state index contributed by atoms with van der Waals surface area (Å²) in [6.45, 7) is 3.67. The summed E-state index contributed by atoms with van der Waals surface area (Å²) in [4.78, 5) is 30.1. The second-order valence-electron chi connectivity index (χ2n) is 8.65. The summed E-state index contributed by atoms with van der Waals surface area (Å²) in [5.41, 5.74) is 1.30. The highest BCUT2D eigenvalue weighted by Gasteiger charge is 2.21.